The minimum Gasteiger partial charge on any atom is -0.381 e. The van der Waals surface area contributed by atoms with Crippen LogP contribution in [0.1, 0.15) is 45.4 Å². The van der Waals surface area contributed by atoms with Crippen LogP contribution < -0.4 is 5.32 Å². The van der Waals surface area contributed by atoms with Gasteiger partial charge in [0.15, 0.2) is 0 Å². The fourth-order valence-corrected chi connectivity index (χ4v) is 3.80. The number of hydrogen-bond donors (Lipinski definition) is 1. The second-order valence-corrected chi connectivity index (χ2v) is 6.15. The van der Waals surface area contributed by atoms with Crippen molar-refractivity contribution in [3.05, 3.63) is 0 Å². The Morgan fingerprint density at radius 1 is 1.39 bits per heavy atom. The van der Waals surface area contributed by atoms with E-state index in [1.807, 2.05) is 0 Å². The average molecular weight is 252 g/mol. The summed E-state index contributed by atoms with van der Waals surface area (Å²) in [6, 6.07) is 0. The molecule has 18 heavy (non-hydrogen) atoms. The number of amides is 1. The minimum absolute atomic E-state index is 0.192. The lowest BCUT2D eigenvalue weighted by molar-refractivity contribution is -0.134. The van der Waals surface area contributed by atoms with Crippen LogP contribution in [0, 0.1) is 5.92 Å². The highest BCUT2D eigenvalue weighted by molar-refractivity contribution is 5.89. The molecule has 3 rings (SSSR count). The Balaban J connectivity index is 1.66. The third kappa shape index (κ3) is 2.05. The van der Waals surface area contributed by atoms with Crippen molar-refractivity contribution in [2.45, 2.75) is 57.2 Å². The van der Waals surface area contributed by atoms with Crippen molar-refractivity contribution in [3.8, 4) is 0 Å². The van der Waals surface area contributed by atoms with Gasteiger partial charge in [-0.05, 0) is 32.6 Å². The Bertz CT molecular complexity index is 320. The lowest BCUT2D eigenvalue weighted by Crippen LogP contribution is -2.44. The van der Waals surface area contributed by atoms with Crippen LogP contribution in [-0.2, 0) is 9.53 Å². The molecule has 1 N–H and O–H groups in total. The van der Waals surface area contributed by atoms with Gasteiger partial charge in [0.05, 0.1) is 18.3 Å². The van der Waals surface area contributed by atoms with E-state index in [4.69, 9.17) is 4.74 Å². The standard InChI is InChI=1S/C14H24N2O2/c1-11-15-14(6-2-3-7-14)13(17)16(11)9-12-5-4-8-18-10-12/h11-12,15H,2-10H2,1H3. The number of nitrogens with one attached hydrogen (secondary N) is 1. The molecular weight excluding hydrogens is 228 g/mol. The van der Waals surface area contributed by atoms with Crippen LogP contribution >= 0.6 is 0 Å². The zero-order chi connectivity index (χ0) is 12.6. The Labute approximate surface area is 109 Å². The molecule has 4 heteroatoms. The van der Waals surface area contributed by atoms with Gasteiger partial charge >= 0.3 is 0 Å². The largest absolute Gasteiger partial charge is 0.381 e. The summed E-state index contributed by atoms with van der Waals surface area (Å²) in [6.45, 7) is 4.70. The number of ether oxygens (including phenoxy) is 1. The molecular formula is C14H24N2O2. The van der Waals surface area contributed by atoms with Gasteiger partial charge < -0.3 is 9.64 Å². The molecule has 0 aromatic carbocycles. The van der Waals surface area contributed by atoms with Crippen LogP contribution in [0.2, 0.25) is 0 Å². The van der Waals surface area contributed by atoms with Crippen LogP contribution in [0.25, 0.3) is 0 Å². The Kier molecular flexibility index (Phi) is 3.32. The number of hydrogen-bond acceptors (Lipinski definition) is 3. The molecule has 2 saturated heterocycles. The molecule has 4 nitrogen and oxygen atoms in total. The Morgan fingerprint density at radius 2 is 2.17 bits per heavy atom. The monoisotopic (exact) mass is 252 g/mol. The van der Waals surface area contributed by atoms with E-state index < -0.39 is 0 Å². The van der Waals surface area contributed by atoms with E-state index >= 15 is 0 Å². The summed E-state index contributed by atoms with van der Waals surface area (Å²) in [4.78, 5) is 14.7. The van der Waals surface area contributed by atoms with Crippen LogP contribution in [0.4, 0.5) is 0 Å². The predicted molar refractivity (Wildman–Crippen MR) is 69.1 cm³/mol. The van der Waals surface area contributed by atoms with Gasteiger partial charge in [0.1, 0.15) is 0 Å². The van der Waals surface area contributed by atoms with Crippen LogP contribution in [0.15, 0.2) is 0 Å². The fraction of sp³-hybridized carbons (Fsp3) is 0.929. The van der Waals surface area contributed by atoms with Crippen LogP contribution in [-0.4, -0.2) is 42.3 Å². The van der Waals surface area contributed by atoms with Crippen molar-refractivity contribution < 1.29 is 9.53 Å². The highest BCUT2D eigenvalue weighted by Gasteiger charge is 2.51. The molecule has 0 bridgehead atoms. The lowest BCUT2D eigenvalue weighted by atomic mass is 9.97. The molecule has 2 unspecified atom stereocenters. The first-order valence-electron chi connectivity index (χ1n) is 7.38. The van der Waals surface area contributed by atoms with E-state index in [9.17, 15) is 4.79 Å². The summed E-state index contributed by atoms with van der Waals surface area (Å²) in [6.07, 6.45) is 6.94. The van der Waals surface area contributed by atoms with Gasteiger partial charge in [0.25, 0.3) is 0 Å². The van der Waals surface area contributed by atoms with E-state index in [1.165, 1.54) is 19.3 Å². The molecule has 1 aliphatic carbocycles. The fourth-order valence-electron chi connectivity index (χ4n) is 3.80. The van der Waals surface area contributed by atoms with Crippen molar-refractivity contribution >= 4 is 5.91 Å². The van der Waals surface area contributed by atoms with Crippen LogP contribution in [0.3, 0.4) is 0 Å². The molecule has 1 spiro atoms. The van der Waals surface area contributed by atoms with Gasteiger partial charge in [0, 0.05) is 19.1 Å². The number of carbonyl (C=O) groups is 1. The molecule has 2 atom stereocenters. The molecule has 0 aromatic heterocycles. The van der Waals surface area contributed by atoms with Crippen molar-refractivity contribution in [2.24, 2.45) is 5.92 Å². The number of nitrogens with zero attached hydrogens (tertiary/aromatic N) is 1. The molecule has 102 valence electrons. The third-order valence-electron chi connectivity index (χ3n) is 4.79. The summed E-state index contributed by atoms with van der Waals surface area (Å²) in [5.74, 6) is 0.876. The van der Waals surface area contributed by atoms with E-state index in [-0.39, 0.29) is 11.7 Å². The van der Waals surface area contributed by atoms with E-state index in [0.717, 1.165) is 39.0 Å². The minimum atomic E-state index is -0.213. The zero-order valence-electron chi connectivity index (χ0n) is 11.3. The quantitative estimate of drug-likeness (QED) is 0.810. The second kappa shape index (κ2) is 4.82. The van der Waals surface area contributed by atoms with Gasteiger partial charge in [-0.15, -0.1) is 0 Å². The number of rotatable bonds is 2. The number of carbonyl (C=O) groups excluding carboxylic acids is 1. The summed E-state index contributed by atoms with van der Waals surface area (Å²) in [5, 5.41) is 3.55. The summed E-state index contributed by atoms with van der Waals surface area (Å²) >= 11 is 0. The first-order valence-corrected chi connectivity index (χ1v) is 7.38. The maximum atomic E-state index is 12.6. The SMILES string of the molecule is CC1NC2(CCCC2)C(=O)N1CC1CCCOC1. The smallest absolute Gasteiger partial charge is 0.244 e. The van der Waals surface area contributed by atoms with E-state index in [1.54, 1.807) is 0 Å². The van der Waals surface area contributed by atoms with Gasteiger partial charge in [-0.25, -0.2) is 0 Å². The molecule has 3 fully saturated rings. The zero-order valence-corrected chi connectivity index (χ0v) is 11.3. The van der Waals surface area contributed by atoms with Crippen molar-refractivity contribution in [1.29, 1.82) is 0 Å². The summed E-state index contributed by atoms with van der Waals surface area (Å²) in [5.41, 5.74) is -0.213. The Morgan fingerprint density at radius 3 is 2.83 bits per heavy atom. The molecule has 1 amide bonds. The van der Waals surface area contributed by atoms with Gasteiger partial charge in [-0.1, -0.05) is 12.8 Å². The van der Waals surface area contributed by atoms with Gasteiger partial charge in [0.2, 0.25) is 5.91 Å². The van der Waals surface area contributed by atoms with E-state index in [2.05, 4.69) is 17.1 Å². The molecule has 0 radical (unpaired) electrons. The molecule has 2 heterocycles. The normalized spacial score (nSPS) is 35.6. The highest BCUT2D eigenvalue weighted by Crippen LogP contribution is 2.36. The molecule has 0 aromatic rings. The van der Waals surface area contributed by atoms with Gasteiger partial charge in [-0.2, -0.15) is 0 Å². The third-order valence-corrected chi connectivity index (χ3v) is 4.79. The topological polar surface area (TPSA) is 41.6 Å². The average Bonchev–Trinajstić information content (AvgIpc) is 2.93. The summed E-state index contributed by atoms with van der Waals surface area (Å²) < 4.78 is 5.52. The first-order chi connectivity index (χ1) is 8.71. The van der Waals surface area contributed by atoms with E-state index in [0.29, 0.717) is 11.8 Å². The highest BCUT2D eigenvalue weighted by atomic mass is 16.5. The summed E-state index contributed by atoms with van der Waals surface area (Å²) in [7, 11) is 0. The molecule has 1 saturated carbocycles. The predicted octanol–water partition coefficient (Wildman–Crippen LogP) is 1.50. The maximum absolute atomic E-state index is 12.6. The maximum Gasteiger partial charge on any atom is 0.244 e. The Hall–Kier alpha value is -0.610. The molecule has 3 aliphatic rings. The first kappa shape index (κ1) is 12.4. The molecule has 2 aliphatic heterocycles. The van der Waals surface area contributed by atoms with Crippen molar-refractivity contribution in [3.63, 3.8) is 0 Å². The second-order valence-electron chi connectivity index (χ2n) is 6.15. The van der Waals surface area contributed by atoms with Crippen molar-refractivity contribution in [1.82, 2.24) is 10.2 Å². The lowest BCUT2D eigenvalue weighted by Gasteiger charge is -2.29. The van der Waals surface area contributed by atoms with Gasteiger partial charge in [-0.3, -0.25) is 10.1 Å². The van der Waals surface area contributed by atoms with Crippen LogP contribution in [0.5, 0.6) is 0 Å². The van der Waals surface area contributed by atoms with Crippen molar-refractivity contribution in [2.75, 3.05) is 19.8 Å².